The summed E-state index contributed by atoms with van der Waals surface area (Å²) in [7, 11) is 1.56. The van der Waals surface area contributed by atoms with Crippen molar-refractivity contribution in [3.05, 3.63) is 23.8 Å². The first-order valence-electron chi connectivity index (χ1n) is 12.7. The van der Waals surface area contributed by atoms with Crippen LogP contribution in [0.2, 0.25) is 0 Å². The summed E-state index contributed by atoms with van der Waals surface area (Å²) >= 11 is 0. The second-order valence-corrected chi connectivity index (χ2v) is 11.5. The van der Waals surface area contributed by atoms with Crippen LogP contribution in [0.25, 0.3) is 0 Å². The molecule has 1 aromatic carbocycles. The lowest BCUT2D eigenvalue weighted by molar-refractivity contribution is -0.274. The van der Waals surface area contributed by atoms with Gasteiger partial charge in [0.1, 0.15) is 17.1 Å². The highest BCUT2D eigenvalue weighted by Crippen LogP contribution is 2.47. The fourth-order valence-electron chi connectivity index (χ4n) is 5.51. The predicted molar refractivity (Wildman–Crippen MR) is 132 cm³/mol. The Morgan fingerprint density at radius 1 is 1.32 bits per heavy atom. The number of guanidine groups is 1. The van der Waals surface area contributed by atoms with E-state index in [9.17, 15) is 22.8 Å². The number of halogens is 3. The summed E-state index contributed by atoms with van der Waals surface area (Å²) in [5, 5.41) is 14.6. The molecule has 0 radical (unpaired) electrons. The third kappa shape index (κ3) is 6.33. The summed E-state index contributed by atoms with van der Waals surface area (Å²) in [4.78, 5) is 27.8. The second kappa shape index (κ2) is 9.94. The smallest absolute Gasteiger partial charge is 0.487 e. The van der Waals surface area contributed by atoms with Gasteiger partial charge in [0.2, 0.25) is 11.8 Å². The number of nitrogens with one attached hydrogen (secondary N) is 3. The van der Waals surface area contributed by atoms with Gasteiger partial charge in [-0.1, -0.05) is 0 Å². The predicted octanol–water partition coefficient (Wildman–Crippen LogP) is 3.88. The lowest BCUT2D eigenvalue weighted by atomic mass is 9.89. The molecule has 0 unspecified atom stereocenters. The fraction of sp³-hybridized carbons (Fsp3) is 0.654. The van der Waals surface area contributed by atoms with Crippen molar-refractivity contribution < 1.29 is 37.0 Å². The molecule has 3 aliphatic rings. The number of carbonyl (C=O) groups is 2. The molecule has 38 heavy (non-hydrogen) atoms. The minimum absolute atomic E-state index is 0.0235. The summed E-state index contributed by atoms with van der Waals surface area (Å²) in [6.45, 7) is 7.70. The van der Waals surface area contributed by atoms with E-state index in [1.165, 1.54) is 23.1 Å². The Kier molecular flexibility index (Phi) is 7.32. The van der Waals surface area contributed by atoms with Crippen LogP contribution >= 0.6 is 0 Å². The van der Waals surface area contributed by atoms with Crippen molar-refractivity contribution in [2.24, 2.45) is 11.8 Å². The molecule has 1 aromatic rings. The molecule has 0 bridgehead atoms. The van der Waals surface area contributed by atoms with Crippen molar-refractivity contribution >= 4 is 17.8 Å². The molecule has 4 atom stereocenters. The molecule has 210 valence electrons. The molecule has 2 fully saturated rings. The number of rotatable bonds is 8. The largest absolute Gasteiger partial charge is 0.573 e. The van der Waals surface area contributed by atoms with Gasteiger partial charge in [-0.2, -0.15) is 0 Å². The monoisotopic (exact) mass is 540 g/mol. The van der Waals surface area contributed by atoms with Crippen LogP contribution in [0.4, 0.5) is 13.2 Å². The zero-order valence-electron chi connectivity index (χ0n) is 22.2. The molecule has 1 saturated heterocycles. The number of hydrogen-bond donors (Lipinski definition) is 3. The molecule has 2 aliphatic heterocycles. The van der Waals surface area contributed by atoms with E-state index >= 15 is 0 Å². The van der Waals surface area contributed by atoms with Crippen molar-refractivity contribution in [3.63, 3.8) is 0 Å². The quantitative estimate of drug-likeness (QED) is 0.461. The Labute approximate surface area is 219 Å². The Hall–Kier alpha value is -3.02. The first-order valence-corrected chi connectivity index (χ1v) is 12.7. The van der Waals surface area contributed by atoms with Gasteiger partial charge < -0.3 is 24.8 Å². The molecular weight excluding hydrogens is 505 g/mol. The zero-order valence-corrected chi connectivity index (χ0v) is 22.2. The van der Waals surface area contributed by atoms with Crippen LogP contribution in [0, 0.1) is 17.2 Å². The summed E-state index contributed by atoms with van der Waals surface area (Å²) in [5.74, 6) is -1.03. The molecule has 3 N–H and O–H groups in total. The van der Waals surface area contributed by atoms with Crippen molar-refractivity contribution in [2.75, 3.05) is 13.7 Å². The van der Waals surface area contributed by atoms with Crippen LogP contribution in [0.1, 0.15) is 65.0 Å². The van der Waals surface area contributed by atoms with E-state index in [0.29, 0.717) is 31.4 Å². The number of benzene rings is 1. The Morgan fingerprint density at radius 3 is 2.66 bits per heavy atom. The summed E-state index contributed by atoms with van der Waals surface area (Å²) < 4.78 is 53.3. The normalized spacial score (nSPS) is 26.5. The minimum Gasteiger partial charge on any atom is -0.487 e. The van der Waals surface area contributed by atoms with Crippen molar-refractivity contribution in [1.82, 2.24) is 15.5 Å². The van der Waals surface area contributed by atoms with Crippen LogP contribution in [0.15, 0.2) is 18.2 Å². The van der Waals surface area contributed by atoms with Crippen LogP contribution in [0.3, 0.4) is 0 Å². The number of fused-ring (bicyclic) bond motifs is 1. The first kappa shape index (κ1) is 28.0. The fourth-order valence-corrected chi connectivity index (χ4v) is 5.51. The van der Waals surface area contributed by atoms with Gasteiger partial charge in [0.05, 0.1) is 6.04 Å². The maximum absolute atomic E-state index is 13.4. The van der Waals surface area contributed by atoms with E-state index in [-0.39, 0.29) is 47.8 Å². The highest BCUT2D eigenvalue weighted by molar-refractivity contribution is 5.99. The van der Waals surface area contributed by atoms with Gasteiger partial charge in [-0.05, 0) is 58.6 Å². The highest BCUT2D eigenvalue weighted by Gasteiger charge is 2.53. The molecule has 0 aromatic heterocycles. The van der Waals surface area contributed by atoms with Crippen LogP contribution in [0.5, 0.6) is 11.5 Å². The minimum atomic E-state index is -4.83. The van der Waals surface area contributed by atoms with Gasteiger partial charge in [0, 0.05) is 55.7 Å². The third-order valence-corrected chi connectivity index (χ3v) is 7.17. The lowest BCUT2D eigenvalue weighted by Crippen LogP contribution is -2.63. The molecule has 9 nitrogen and oxygen atoms in total. The molecule has 0 spiro atoms. The number of carbonyl (C=O) groups excluding carboxylic acids is 2. The molecule has 12 heteroatoms. The Morgan fingerprint density at radius 2 is 2.03 bits per heavy atom. The Bertz CT molecular complexity index is 1090. The van der Waals surface area contributed by atoms with Crippen LogP contribution in [-0.4, -0.2) is 59.9 Å². The van der Waals surface area contributed by atoms with Crippen LogP contribution in [-0.2, 0) is 14.3 Å². The summed E-state index contributed by atoms with van der Waals surface area (Å²) in [5.41, 5.74) is -0.690. The zero-order chi connectivity index (χ0) is 28.0. The van der Waals surface area contributed by atoms with Crippen molar-refractivity contribution in [1.29, 1.82) is 5.41 Å². The summed E-state index contributed by atoms with van der Waals surface area (Å²) in [6, 6.07) is 3.03. The van der Waals surface area contributed by atoms with Gasteiger partial charge in [0.15, 0.2) is 5.96 Å². The van der Waals surface area contributed by atoms with Gasteiger partial charge >= 0.3 is 6.36 Å². The molecule has 2 heterocycles. The van der Waals surface area contributed by atoms with Gasteiger partial charge in [0.25, 0.3) is 0 Å². The number of nitrogens with zero attached hydrogens (tertiary/aromatic N) is 1. The highest BCUT2D eigenvalue weighted by atomic mass is 19.4. The topological polar surface area (TPSA) is 113 Å². The lowest BCUT2D eigenvalue weighted by Gasteiger charge is -2.42. The van der Waals surface area contributed by atoms with E-state index < -0.39 is 29.3 Å². The number of hydrogen-bond acceptors (Lipinski definition) is 6. The van der Waals surface area contributed by atoms with E-state index in [1.807, 2.05) is 13.8 Å². The molecule has 1 saturated carbocycles. The second-order valence-electron chi connectivity index (χ2n) is 11.5. The maximum atomic E-state index is 13.4. The molecule has 1 aliphatic carbocycles. The van der Waals surface area contributed by atoms with Crippen molar-refractivity contribution in [3.8, 4) is 11.5 Å². The molecule has 4 rings (SSSR count). The Balaban J connectivity index is 1.49. The molecular formula is C26H35F3N4O5. The number of amides is 2. The van der Waals surface area contributed by atoms with Crippen molar-refractivity contribution in [2.45, 2.75) is 83.0 Å². The van der Waals surface area contributed by atoms with E-state index in [1.54, 1.807) is 21.0 Å². The van der Waals surface area contributed by atoms with Gasteiger partial charge in [-0.15, -0.1) is 13.2 Å². The van der Waals surface area contributed by atoms with Gasteiger partial charge in [-0.3, -0.25) is 19.9 Å². The van der Waals surface area contributed by atoms with E-state index in [4.69, 9.17) is 14.9 Å². The molecule has 2 amide bonds. The van der Waals surface area contributed by atoms with Gasteiger partial charge in [-0.25, -0.2) is 0 Å². The van der Waals surface area contributed by atoms with E-state index in [0.717, 1.165) is 0 Å². The SMILES string of the molecule is COCC[C@H]([C@@H]1C[C@H]1C(=O)N[C@@H]1CC(C)(C)Oc2cc(OC(F)(F)F)ccc21)N1C(=N)NC(C)(C)CC1=O. The standard InChI is InChI=1S/C26H35F3N4O5/c1-24(2)13-21(34)33(23(30)32-24)19(8-9-36-5)16-11-17(16)22(35)31-18-12-25(3,4)38-20-10-14(6-7-15(18)20)37-26(27,28)29/h6-7,10,16-19H,8-9,11-13H2,1-5H3,(H2,30,32)(H,31,35)/t16-,17-,18-,19-/m1/s1. The van der Waals surface area contributed by atoms with Crippen LogP contribution < -0.4 is 20.1 Å². The number of methoxy groups -OCH3 is 1. The average Bonchev–Trinajstić information content (AvgIpc) is 3.53. The third-order valence-electron chi connectivity index (χ3n) is 7.17. The average molecular weight is 541 g/mol. The van der Waals surface area contributed by atoms with E-state index in [2.05, 4.69) is 15.4 Å². The first-order chi connectivity index (χ1) is 17.6. The maximum Gasteiger partial charge on any atom is 0.573 e. The summed E-state index contributed by atoms with van der Waals surface area (Å²) in [6.07, 6.45) is -3.14. The number of alkyl halides is 3. The number of ether oxygens (including phenoxy) is 3.